The van der Waals surface area contributed by atoms with Crippen LogP contribution in [0.3, 0.4) is 0 Å². The Hall–Kier alpha value is -2.95. The first kappa shape index (κ1) is 15.9. The van der Waals surface area contributed by atoms with E-state index in [-0.39, 0.29) is 0 Å². The Morgan fingerprint density at radius 1 is 1.00 bits per heavy atom. The minimum atomic E-state index is 0.582. The summed E-state index contributed by atoms with van der Waals surface area (Å²) in [5.74, 6) is 1.27. The summed E-state index contributed by atoms with van der Waals surface area (Å²) in [5.41, 5.74) is 4.52. The molecule has 2 aromatic carbocycles. The summed E-state index contributed by atoms with van der Waals surface area (Å²) in [6.45, 7) is 7.02. The lowest BCUT2D eigenvalue weighted by Gasteiger charge is -2.20. The molecule has 5 heteroatoms. The molecule has 0 atom stereocenters. The second-order valence-corrected chi connectivity index (χ2v) is 5.59. The number of nitrogens with one attached hydrogen (secondary N) is 1. The van der Waals surface area contributed by atoms with E-state index in [0.717, 1.165) is 17.9 Å². The van der Waals surface area contributed by atoms with Gasteiger partial charge in [-0.15, -0.1) is 5.10 Å². The number of anilines is 4. The second kappa shape index (κ2) is 7.08. The molecule has 0 amide bonds. The number of aromatic nitrogens is 3. The molecule has 0 radical (unpaired) electrons. The molecule has 0 aliphatic rings. The van der Waals surface area contributed by atoms with Crippen LogP contribution in [-0.4, -0.2) is 21.7 Å². The third-order valence-electron chi connectivity index (χ3n) is 4.04. The standard InChI is InChI=1S/C19H21N5/c1-4-24(16-10-6-5-7-11-16)19-22-18(13-20-23-19)21-17-12-8-9-14(2)15(17)3/h5-13H,4H2,1-3H3,(H,21,22,23). The van der Waals surface area contributed by atoms with E-state index in [9.17, 15) is 0 Å². The fraction of sp³-hybridized carbons (Fsp3) is 0.211. The first-order valence-corrected chi connectivity index (χ1v) is 8.04. The Morgan fingerprint density at radius 2 is 1.79 bits per heavy atom. The van der Waals surface area contributed by atoms with Gasteiger partial charge >= 0.3 is 0 Å². The summed E-state index contributed by atoms with van der Waals surface area (Å²) in [7, 11) is 0. The molecule has 24 heavy (non-hydrogen) atoms. The number of hydrogen-bond acceptors (Lipinski definition) is 5. The van der Waals surface area contributed by atoms with Crippen LogP contribution in [-0.2, 0) is 0 Å². The summed E-state index contributed by atoms with van der Waals surface area (Å²) in [6.07, 6.45) is 1.64. The maximum Gasteiger partial charge on any atom is 0.251 e. The van der Waals surface area contributed by atoms with E-state index in [1.165, 1.54) is 11.1 Å². The Bertz CT molecular complexity index is 817. The molecule has 0 aliphatic carbocycles. The number of nitrogens with zero attached hydrogens (tertiary/aromatic N) is 4. The molecule has 0 unspecified atom stereocenters. The number of hydrogen-bond donors (Lipinski definition) is 1. The van der Waals surface area contributed by atoms with E-state index in [1.807, 2.05) is 47.4 Å². The summed E-state index contributed by atoms with van der Waals surface area (Å²) in [5, 5.41) is 11.6. The van der Waals surface area contributed by atoms with Crippen LogP contribution >= 0.6 is 0 Å². The third-order valence-corrected chi connectivity index (χ3v) is 4.04. The van der Waals surface area contributed by atoms with Gasteiger partial charge in [-0.25, -0.2) is 0 Å². The van der Waals surface area contributed by atoms with Gasteiger partial charge < -0.3 is 10.2 Å². The van der Waals surface area contributed by atoms with Crippen LogP contribution < -0.4 is 10.2 Å². The predicted molar refractivity (Wildman–Crippen MR) is 98.1 cm³/mol. The van der Waals surface area contributed by atoms with Gasteiger partial charge in [-0.3, -0.25) is 0 Å². The van der Waals surface area contributed by atoms with Gasteiger partial charge in [-0.05, 0) is 50.1 Å². The Balaban J connectivity index is 1.90. The quantitative estimate of drug-likeness (QED) is 0.756. The van der Waals surface area contributed by atoms with Gasteiger partial charge in [0.2, 0.25) is 0 Å². The molecule has 0 saturated heterocycles. The number of aryl methyl sites for hydroxylation is 1. The van der Waals surface area contributed by atoms with Gasteiger partial charge in [0.25, 0.3) is 5.95 Å². The topological polar surface area (TPSA) is 53.9 Å². The summed E-state index contributed by atoms with van der Waals surface area (Å²) in [4.78, 5) is 6.66. The largest absolute Gasteiger partial charge is 0.339 e. The van der Waals surface area contributed by atoms with Crippen molar-refractivity contribution < 1.29 is 0 Å². The van der Waals surface area contributed by atoms with E-state index in [1.54, 1.807) is 6.20 Å². The van der Waals surface area contributed by atoms with E-state index in [4.69, 9.17) is 0 Å². The monoisotopic (exact) mass is 319 g/mol. The molecule has 3 rings (SSSR count). The Kier molecular flexibility index (Phi) is 4.70. The highest BCUT2D eigenvalue weighted by Gasteiger charge is 2.12. The second-order valence-electron chi connectivity index (χ2n) is 5.59. The van der Waals surface area contributed by atoms with Crippen molar-refractivity contribution in [2.75, 3.05) is 16.8 Å². The maximum atomic E-state index is 4.63. The minimum absolute atomic E-state index is 0.582. The molecule has 0 bridgehead atoms. The van der Waals surface area contributed by atoms with Crippen LogP contribution in [0.25, 0.3) is 0 Å². The highest BCUT2D eigenvalue weighted by molar-refractivity contribution is 5.63. The predicted octanol–water partition coefficient (Wildman–Crippen LogP) is 4.39. The van der Waals surface area contributed by atoms with Crippen LogP contribution in [0.4, 0.5) is 23.1 Å². The molecule has 3 aromatic rings. The summed E-state index contributed by atoms with van der Waals surface area (Å²) < 4.78 is 0. The third kappa shape index (κ3) is 3.35. The molecule has 0 saturated carbocycles. The van der Waals surface area contributed by atoms with Crippen LogP contribution in [0.15, 0.2) is 54.7 Å². The normalized spacial score (nSPS) is 10.5. The van der Waals surface area contributed by atoms with E-state index >= 15 is 0 Å². The molecule has 122 valence electrons. The van der Waals surface area contributed by atoms with E-state index in [0.29, 0.717) is 11.8 Å². The lowest BCUT2D eigenvalue weighted by Crippen LogP contribution is -2.19. The van der Waals surface area contributed by atoms with Crippen molar-refractivity contribution >= 4 is 23.1 Å². The summed E-state index contributed by atoms with van der Waals surface area (Å²) >= 11 is 0. The molecule has 1 N–H and O–H groups in total. The van der Waals surface area contributed by atoms with Gasteiger partial charge in [0.05, 0.1) is 6.20 Å². The summed E-state index contributed by atoms with van der Waals surface area (Å²) in [6, 6.07) is 16.2. The Morgan fingerprint density at radius 3 is 2.54 bits per heavy atom. The highest BCUT2D eigenvalue weighted by atomic mass is 15.3. The molecular formula is C19H21N5. The van der Waals surface area contributed by atoms with Gasteiger partial charge in [-0.1, -0.05) is 30.3 Å². The molecule has 5 nitrogen and oxygen atoms in total. The molecule has 1 aromatic heterocycles. The average molecular weight is 319 g/mol. The first-order valence-electron chi connectivity index (χ1n) is 8.04. The maximum absolute atomic E-state index is 4.63. The lowest BCUT2D eigenvalue weighted by atomic mass is 10.1. The van der Waals surface area contributed by atoms with E-state index in [2.05, 4.69) is 47.3 Å². The SMILES string of the molecule is CCN(c1ccccc1)c1nncc(Nc2cccc(C)c2C)n1. The first-order chi connectivity index (χ1) is 11.7. The van der Waals surface area contributed by atoms with Crippen molar-refractivity contribution in [3.05, 3.63) is 65.9 Å². The fourth-order valence-corrected chi connectivity index (χ4v) is 2.54. The van der Waals surface area contributed by atoms with Crippen LogP contribution in [0.5, 0.6) is 0 Å². The zero-order chi connectivity index (χ0) is 16.9. The molecule has 0 spiro atoms. The number of para-hydroxylation sites is 1. The van der Waals surface area contributed by atoms with Gasteiger partial charge in [0, 0.05) is 17.9 Å². The van der Waals surface area contributed by atoms with Crippen LogP contribution in [0, 0.1) is 13.8 Å². The molecule has 0 aliphatic heterocycles. The van der Waals surface area contributed by atoms with Crippen molar-refractivity contribution in [2.24, 2.45) is 0 Å². The van der Waals surface area contributed by atoms with Gasteiger partial charge in [0.1, 0.15) is 0 Å². The molecule has 0 fully saturated rings. The lowest BCUT2D eigenvalue weighted by molar-refractivity contribution is 0.887. The van der Waals surface area contributed by atoms with Crippen molar-refractivity contribution in [2.45, 2.75) is 20.8 Å². The molecule has 1 heterocycles. The highest BCUT2D eigenvalue weighted by Crippen LogP contribution is 2.24. The zero-order valence-corrected chi connectivity index (χ0v) is 14.2. The number of rotatable bonds is 5. The van der Waals surface area contributed by atoms with Gasteiger partial charge in [-0.2, -0.15) is 10.1 Å². The smallest absolute Gasteiger partial charge is 0.251 e. The fourth-order valence-electron chi connectivity index (χ4n) is 2.54. The van der Waals surface area contributed by atoms with Gasteiger partial charge in [0.15, 0.2) is 5.82 Å². The minimum Gasteiger partial charge on any atom is -0.339 e. The Labute approximate surface area is 142 Å². The van der Waals surface area contributed by atoms with Crippen molar-refractivity contribution in [3.8, 4) is 0 Å². The van der Waals surface area contributed by atoms with Crippen LogP contribution in [0.2, 0.25) is 0 Å². The van der Waals surface area contributed by atoms with Crippen molar-refractivity contribution in [1.82, 2.24) is 15.2 Å². The number of benzene rings is 2. The molecular weight excluding hydrogens is 298 g/mol. The van der Waals surface area contributed by atoms with Crippen molar-refractivity contribution in [1.29, 1.82) is 0 Å². The van der Waals surface area contributed by atoms with Crippen molar-refractivity contribution in [3.63, 3.8) is 0 Å². The van der Waals surface area contributed by atoms with Crippen LogP contribution in [0.1, 0.15) is 18.1 Å². The zero-order valence-electron chi connectivity index (χ0n) is 14.2. The average Bonchev–Trinajstić information content (AvgIpc) is 2.61. The van der Waals surface area contributed by atoms with E-state index < -0.39 is 0 Å².